The van der Waals surface area contributed by atoms with Crippen molar-refractivity contribution in [1.29, 1.82) is 0 Å². The highest BCUT2D eigenvalue weighted by Crippen LogP contribution is 2.39. The molecule has 1 unspecified atom stereocenters. The zero-order chi connectivity index (χ0) is 13.1. The Kier molecular flexibility index (Phi) is 3.95. The van der Waals surface area contributed by atoms with E-state index in [4.69, 9.17) is 0 Å². The van der Waals surface area contributed by atoms with Gasteiger partial charge in [-0.3, -0.25) is 9.78 Å². The minimum absolute atomic E-state index is 0.408. The number of aromatic nitrogens is 1. The van der Waals surface area contributed by atoms with Crippen LogP contribution < -0.4 is 0 Å². The van der Waals surface area contributed by atoms with E-state index < -0.39 is 0 Å². The van der Waals surface area contributed by atoms with Crippen LogP contribution in [0.25, 0.3) is 5.57 Å². The van der Waals surface area contributed by atoms with Crippen LogP contribution in [0, 0.1) is 18.8 Å². The molecule has 0 radical (unpaired) electrons. The number of aryl methyl sites for hydroxylation is 1. The molecule has 1 aliphatic carbocycles. The Hall–Kier alpha value is -1.44. The molecule has 0 fully saturated rings. The van der Waals surface area contributed by atoms with Crippen LogP contribution in [0.15, 0.2) is 24.0 Å². The van der Waals surface area contributed by atoms with E-state index >= 15 is 0 Å². The fourth-order valence-corrected chi connectivity index (χ4v) is 2.94. The Morgan fingerprint density at radius 3 is 2.83 bits per heavy atom. The van der Waals surface area contributed by atoms with Crippen molar-refractivity contribution in [1.82, 2.24) is 4.98 Å². The monoisotopic (exact) mass is 243 g/mol. The summed E-state index contributed by atoms with van der Waals surface area (Å²) in [6, 6.07) is 2.02. The van der Waals surface area contributed by atoms with Crippen molar-refractivity contribution in [3.8, 4) is 0 Å². The first-order valence-electron chi connectivity index (χ1n) is 6.74. The van der Waals surface area contributed by atoms with E-state index in [9.17, 15) is 4.79 Å². The van der Waals surface area contributed by atoms with Crippen LogP contribution in [-0.2, 0) is 4.79 Å². The predicted molar refractivity (Wildman–Crippen MR) is 74.1 cm³/mol. The Morgan fingerprint density at radius 2 is 2.22 bits per heavy atom. The lowest BCUT2D eigenvalue weighted by Gasteiger charge is -2.29. The average Bonchev–Trinajstić information content (AvgIpc) is 2.38. The molecule has 1 aromatic rings. The van der Waals surface area contributed by atoms with Crippen molar-refractivity contribution in [2.24, 2.45) is 11.8 Å². The summed E-state index contributed by atoms with van der Waals surface area (Å²) in [4.78, 5) is 15.7. The van der Waals surface area contributed by atoms with E-state index in [1.807, 2.05) is 18.5 Å². The van der Waals surface area contributed by atoms with Crippen LogP contribution in [0.2, 0.25) is 0 Å². The van der Waals surface area contributed by atoms with E-state index in [0.29, 0.717) is 11.8 Å². The summed E-state index contributed by atoms with van der Waals surface area (Å²) in [5.41, 5.74) is 4.60. The summed E-state index contributed by atoms with van der Waals surface area (Å²) in [5.74, 6) is 0.934. The molecule has 0 saturated heterocycles. The lowest BCUT2D eigenvalue weighted by Crippen LogP contribution is -2.18. The van der Waals surface area contributed by atoms with Gasteiger partial charge in [0.05, 0.1) is 0 Å². The molecule has 1 atom stereocenters. The van der Waals surface area contributed by atoms with E-state index in [1.54, 1.807) is 0 Å². The minimum Gasteiger partial charge on any atom is -0.298 e. The number of hydrogen-bond donors (Lipinski definition) is 0. The second-order valence-electron chi connectivity index (χ2n) is 5.49. The Labute approximate surface area is 109 Å². The maximum absolute atomic E-state index is 11.5. The minimum atomic E-state index is 0.408. The molecule has 1 aliphatic rings. The highest BCUT2D eigenvalue weighted by Gasteiger charge is 2.26. The fraction of sp³-hybridized carbons (Fsp3) is 0.500. The van der Waals surface area contributed by atoms with Crippen molar-refractivity contribution < 1.29 is 4.79 Å². The van der Waals surface area contributed by atoms with Crippen molar-refractivity contribution in [2.45, 2.75) is 40.0 Å². The van der Waals surface area contributed by atoms with Crippen LogP contribution in [0.1, 0.15) is 44.2 Å². The number of pyridine rings is 1. The molecule has 2 nitrogen and oxygen atoms in total. The molecule has 1 heterocycles. The first-order valence-corrected chi connectivity index (χ1v) is 6.74. The summed E-state index contributed by atoms with van der Waals surface area (Å²) in [6.45, 7) is 6.49. The van der Waals surface area contributed by atoms with Crippen molar-refractivity contribution >= 4 is 11.9 Å². The summed E-state index contributed by atoms with van der Waals surface area (Å²) >= 11 is 0. The summed E-state index contributed by atoms with van der Waals surface area (Å²) in [5, 5.41) is 0. The molecule has 0 N–H and O–H groups in total. The second kappa shape index (κ2) is 5.47. The van der Waals surface area contributed by atoms with Crippen LogP contribution in [-0.4, -0.2) is 11.3 Å². The van der Waals surface area contributed by atoms with Crippen molar-refractivity contribution in [3.05, 3.63) is 35.2 Å². The highest BCUT2D eigenvalue weighted by atomic mass is 16.1. The Bertz CT molecular complexity index is 474. The average molecular weight is 243 g/mol. The molecule has 0 bridgehead atoms. The van der Waals surface area contributed by atoms with Crippen LogP contribution in [0.3, 0.4) is 0 Å². The van der Waals surface area contributed by atoms with Crippen LogP contribution in [0.5, 0.6) is 0 Å². The Morgan fingerprint density at radius 1 is 1.44 bits per heavy atom. The lowest BCUT2D eigenvalue weighted by molar-refractivity contribution is -0.105. The number of allylic oxidation sites excluding steroid dienone is 2. The molecule has 2 rings (SSSR count). The van der Waals surface area contributed by atoms with E-state index in [-0.39, 0.29) is 0 Å². The van der Waals surface area contributed by atoms with Gasteiger partial charge in [0.15, 0.2) is 0 Å². The van der Waals surface area contributed by atoms with Crippen LogP contribution in [0.4, 0.5) is 0 Å². The standard InChI is InChI=1S/C16H21NO/c1-11(2)13-5-4-6-14(16(13)10-18)15-9-17-8-7-12(15)3/h7-11,13H,4-6H2,1-3H3. The molecule has 96 valence electrons. The van der Waals surface area contributed by atoms with Gasteiger partial charge >= 0.3 is 0 Å². The van der Waals surface area contributed by atoms with E-state index in [0.717, 1.165) is 30.3 Å². The topological polar surface area (TPSA) is 30.0 Å². The van der Waals surface area contributed by atoms with Gasteiger partial charge in [-0.15, -0.1) is 0 Å². The SMILES string of the molecule is Cc1ccncc1C1=C(C=O)C(C(C)C)CCC1. The van der Waals surface area contributed by atoms with Gasteiger partial charge in [0.2, 0.25) is 0 Å². The number of carbonyl (C=O) groups excluding carboxylic acids is 1. The van der Waals surface area contributed by atoms with Crippen LogP contribution >= 0.6 is 0 Å². The molecule has 18 heavy (non-hydrogen) atoms. The molecule has 0 aliphatic heterocycles. The lowest BCUT2D eigenvalue weighted by atomic mass is 9.75. The third-order valence-corrected chi connectivity index (χ3v) is 3.99. The zero-order valence-electron chi connectivity index (χ0n) is 11.4. The summed E-state index contributed by atoms with van der Waals surface area (Å²) in [7, 11) is 0. The van der Waals surface area contributed by atoms with E-state index in [1.165, 1.54) is 17.6 Å². The second-order valence-corrected chi connectivity index (χ2v) is 5.49. The molecule has 1 aromatic heterocycles. The van der Waals surface area contributed by atoms with E-state index in [2.05, 4.69) is 25.8 Å². The maximum Gasteiger partial charge on any atom is 0.146 e. The Balaban J connectivity index is 2.52. The third kappa shape index (κ3) is 2.38. The van der Waals surface area contributed by atoms with Gasteiger partial charge in [-0.05, 0) is 66.4 Å². The normalized spacial score (nSPS) is 20.3. The first-order chi connectivity index (χ1) is 8.65. The highest BCUT2D eigenvalue weighted by molar-refractivity contribution is 5.90. The molecular weight excluding hydrogens is 222 g/mol. The number of hydrogen-bond acceptors (Lipinski definition) is 2. The number of nitrogens with zero attached hydrogens (tertiary/aromatic N) is 1. The maximum atomic E-state index is 11.5. The molecule has 2 heteroatoms. The molecule has 0 amide bonds. The van der Waals surface area contributed by atoms with Gasteiger partial charge in [-0.1, -0.05) is 13.8 Å². The molecular formula is C16H21NO. The predicted octanol–water partition coefficient (Wildman–Crippen LogP) is 3.80. The quantitative estimate of drug-likeness (QED) is 0.756. The number of aldehydes is 1. The van der Waals surface area contributed by atoms with Gasteiger partial charge < -0.3 is 0 Å². The van der Waals surface area contributed by atoms with Gasteiger partial charge in [0, 0.05) is 12.4 Å². The van der Waals surface area contributed by atoms with Crippen molar-refractivity contribution in [2.75, 3.05) is 0 Å². The zero-order valence-corrected chi connectivity index (χ0v) is 11.4. The molecule has 0 aromatic carbocycles. The van der Waals surface area contributed by atoms with Gasteiger partial charge in [-0.25, -0.2) is 0 Å². The fourth-order valence-electron chi connectivity index (χ4n) is 2.94. The number of carbonyl (C=O) groups is 1. The van der Waals surface area contributed by atoms with Gasteiger partial charge in [0.25, 0.3) is 0 Å². The summed E-state index contributed by atoms with van der Waals surface area (Å²) < 4.78 is 0. The van der Waals surface area contributed by atoms with Crippen molar-refractivity contribution in [3.63, 3.8) is 0 Å². The smallest absolute Gasteiger partial charge is 0.146 e. The first kappa shape index (κ1) is 13.0. The van der Waals surface area contributed by atoms with Gasteiger partial charge in [-0.2, -0.15) is 0 Å². The summed E-state index contributed by atoms with van der Waals surface area (Å²) in [6.07, 6.45) is 8.09. The molecule has 0 spiro atoms. The largest absolute Gasteiger partial charge is 0.298 e. The number of rotatable bonds is 3. The van der Waals surface area contributed by atoms with Gasteiger partial charge in [0.1, 0.15) is 6.29 Å². The molecule has 0 saturated carbocycles. The third-order valence-electron chi connectivity index (χ3n) is 3.99.